The van der Waals surface area contributed by atoms with Gasteiger partial charge in [0, 0.05) is 42.1 Å². The number of fused-ring (bicyclic) bond motifs is 1. The van der Waals surface area contributed by atoms with Crippen molar-refractivity contribution < 1.29 is 24.6 Å². The smallest absolute Gasteiger partial charge is 0.264 e. The van der Waals surface area contributed by atoms with Gasteiger partial charge < -0.3 is 20.0 Å². The lowest BCUT2D eigenvalue weighted by molar-refractivity contribution is -0.139. The van der Waals surface area contributed by atoms with E-state index in [1.807, 2.05) is 103 Å². The normalized spacial score (nSPS) is 17.3. The van der Waals surface area contributed by atoms with Crippen LogP contribution in [0.1, 0.15) is 40.4 Å². The molecule has 0 unspecified atom stereocenters. The molecular weight excluding hydrogens is 614 g/mol. The lowest BCUT2D eigenvalue weighted by atomic mass is 9.83. The Labute approximate surface area is 285 Å². The number of carbonyl (C=O) groups is 3. The standard InChI is InChI=1S/C41H37N3O5/c1-28(10-7-19-37(46)42(24-25-45)26-29-11-3-2-4-12-29)41(49)34-16-5-6-17-35(34)43(40(41)48)27-30-20-22-32(23-21-30)44-36-18-9-14-31-13-8-15-33(38(31)36)39(44)47/h2-18,20-23,28,45,49H,19,24-27H2,1H3/b10-7+/t28-,41+/m0/s1. The number of aliphatic hydroxyl groups excluding tert-OH is 1. The van der Waals surface area contributed by atoms with Gasteiger partial charge in [-0.15, -0.1) is 0 Å². The number of benzene rings is 5. The van der Waals surface area contributed by atoms with Gasteiger partial charge in [0.15, 0.2) is 5.60 Å². The van der Waals surface area contributed by atoms with Gasteiger partial charge in [-0.1, -0.05) is 104 Å². The van der Waals surface area contributed by atoms with E-state index >= 15 is 0 Å². The molecule has 5 aromatic carbocycles. The van der Waals surface area contributed by atoms with E-state index in [1.54, 1.807) is 45.9 Å². The van der Waals surface area contributed by atoms with Crippen molar-refractivity contribution in [1.82, 2.24) is 4.90 Å². The van der Waals surface area contributed by atoms with Gasteiger partial charge >= 0.3 is 0 Å². The first-order chi connectivity index (χ1) is 23.8. The molecule has 49 heavy (non-hydrogen) atoms. The number of carbonyl (C=O) groups excluding carboxylic acids is 3. The Morgan fingerprint density at radius 2 is 1.53 bits per heavy atom. The topological polar surface area (TPSA) is 101 Å². The largest absolute Gasteiger partial charge is 0.395 e. The Morgan fingerprint density at radius 1 is 0.837 bits per heavy atom. The number of anilines is 3. The molecule has 2 heterocycles. The highest BCUT2D eigenvalue weighted by atomic mass is 16.3. The van der Waals surface area contributed by atoms with Crippen LogP contribution in [0.15, 0.2) is 127 Å². The van der Waals surface area contributed by atoms with E-state index in [-0.39, 0.29) is 37.9 Å². The summed E-state index contributed by atoms with van der Waals surface area (Å²) in [5.74, 6) is -1.31. The molecule has 0 aliphatic carbocycles. The minimum atomic E-state index is -1.82. The fourth-order valence-electron chi connectivity index (χ4n) is 7.02. The molecule has 7 rings (SSSR count). The quantitative estimate of drug-likeness (QED) is 0.160. The van der Waals surface area contributed by atoms with E-state index in [0.717, 1.165) is 33.3 Å². The third kappa shape index (κ3) is 5.69. The van der Waals surface area contributed by atoms with Crippen LogP contribution in [0.2, 0.25) is 0 Å². The maximum atomic E-state index is 14.1. The van der Waals surface area contributed by atoms with Gasteiger partial charge in [-0.3, -0.25) is 19.3 Å². The average molecular weight is 652 g/mol. The maximum absolute atomic E-state index is 14.1. The number of nitrogens with zero attached hydrogens (tertiary/aromatic N) is 3. The molecule has 0 spiro atoms. The van der Waals surface area contributed by atoms with Crippen LogP contribution < -0.4 is 9.80 Å². The molecule has 0 saturated heterocycles. The van der Waals surface area contributed by atoms with Gasteiger partial charge in [0.2, 0.25) is 5.91 Å². The number of rotatable bonds is 11. The summed E-state index contributed by atoms with van der Waals surface area (Å²) in [5, 5.41) is 23.5. The van der Waals surface area contributed by atoms with Crippen molar-refractivity contribution in [2.24, 2.45) is 5.92 Å². The van der Waals surface area contributed by atoms with Crippen molar-refractivity contribution in [1.29, 1.82) is 0 Å². The van der Waals surface area contributed by atoms with E-state index in [0.29, 0.717) is 23.4 Å². The summed E-state index contributed by atoms with van der Waals surface area (Å²) in [6.07, 6.45) is 3.48. The molecule has 246 valence electrons. The van der Waals surface area contributed by atoms with E-state index in [1.165, 1.54) is 0 Å². The molecule has 5 aromatic rings. The van der Waals surface area contributed by atoms with Crippen LogP contribution in [-0.2, 0) is 28.3 Å². The fourth-order valence-corrected chi connectivity index (χ4v) is 7.02. The van der Waals surface area contributed by atoms with Crippen molar-refractivity contribution in [3.8, 4) is 0 Å². The highest BCUT2D eigenvalue weighted by Crippen LogP contribution is 2.46. The van der Waals surface area contributed by atoms with Crippen molar-refractivity contribution >= 4 is 45.6 Å². The first-order valence-electron chi connectivity index (χ1n) is 16.5. The second-order valence-electron chi connectivity index (χ2n) is 12.6. The van der Waals surface area contributed by atoms with Gasteiger partial charge in [0.05, 0.1) is 30.1 Å². The van der Waals surface area contributed by atoms with Crippen LogP contribution in [-0.4, -0.2) is 46.0 Å². The van der Waals surface area contributed by atoms with Crippen molar-refractivity contribution in [2.75, 3.05) is 23.0 Å². The first-order valence-corrected chi connectivity index (χ1v) is 16.5. The molecule has 0 bridgehead atoms. The van der Waals surface area contributed by atoms with Gasteiger partial charge in [-0.2, -0.15) is 0 Å². The summed E-state index contributed by atoms with van der Waals surface area (Å²) in [4.78, 5) is 45.5. The van der Waals surface area contributed by atoms with E-state index in [2.05, 4.69) is 0 Å². The van der Waals surface area contributed by atoms with Crippen LogP contribution in [0.25, 0.3) is 10.8 Å². The average Bonchev–Trinajstić information content (AvgIpc) is 3.54. The van der Waals surface area contributed by atoms with E-state index < -0.39 is 17.4 Å². The van der Waals surface area contributed by atoms with Crippen LogP contribution in [0.3, 0.4) is 0 Å². The Morgan fingerprint density at radius 3 is 2.29 bits per heavy atom. The molecule has 0 aromatic heterocycles. The predicted octanol–water partition coefficient (Wildman–Crippen LogP) is 6.47. The molecule has 0 saturated carbocycles. The monoisotopic (exact) mass is 651 g/mol. The molecule has 2 N–H and O–H groups in total. The summed E-state index contributed by atoms with van der Waals surface area (Å²) >= 11 is 0. The summed E-state index contributed by atoms with van der Waals surface area (Å²) in [5.41, 5.74) is 3.39. The predicted molar refractivity (Wildman–Crippen MR) is 190 cm³/mol. The van der Waals surface area contributed by atoms with Gasteiger partial charge in [-0.05, 0) is 46.8 Å². The Kier molecular flexibility index (Phi) is 8.59. The summed E-state index contributed by atoms with van der Waals surface area (Å²) in [7, 11) is 0. The highest BCUT2D eigenvalue weighted by Gasteiger charge is 2.52. The van der Waals surface area contributed by atoms with E-state index in [4.69, 9.17) is 0 Å². The first kappa shape index (κ1) is 32.0. The zero-order valence-electron chi connectivity index (χ0n) is 27.2. The number of amides is 3. The highest BCUT2D eigenvalue weighted by molar-refractivity contribution is 6.27. The lowest BCUT2D eigenvalue weighted by Crippen LogP contribution is -2.44. The molecule has 8 nitrogen and oxygen atoms in total. The molecular formula is C41H37N3O5. The molecule has 2 aliphatic rings. The lowest BCUT2D eigenvalue weighted by Gasteiger charge is -2.28. The summed E-state index contributed by atoms with van der Waals surface area (Å²) < 4.78 is 0. The minimum absolute atomic E-state index is 0.0677. The zero-order chi connectivity index (χ0) is 34.1. The van der Waals surface area contributed by atoms with Gasteiger partial charge in [-0.25, -0.2) is 0 Å². The van der Waals surface area contributed by atoms with Crippen molar-refractivity contribution in [3.63, 3.8) is 0 Å². The molecule has 3 amide bonds. The SMILES string of the molecule is C[C@@H](/C=C/CC(=O)N(CCO)Cc1ccccc1)[C@]1(O)C(=O)N(Cc2ccc(N3C(=O)c4cccc5cccc3c45)cc2)c2ccccc21. The zero-order valence-corrected chi connectivity index (χ0v) is 27.2. The minimum Gasteiger partial charge on any atom is -0.395 e. The Balaban J connectivity index is 1.07. The van der Waals surface area contributed by atoms with Crippen LogP contribution in [0, 0.1) is 5.92 Å². The Hall–Kier alpha value is -5.57. The maximum Gasteiger partial charge on any atom is 0.264 e. The number of hydrogen-bond acceptors (Lipinski definition) is 5. The van der Waals surface area contributed by atoms with Crippen LogP contribution in [0.4, 0.5) is 17.1 Å². The van der Waals surface area contributed by atoms with Crippen molar-refractivity contribution in [3.05, 3.63) is 150 Å². The van der Waals surface area contributed by atoms with Crippen LogP contribution >= 0.6 is 0 Å². The molecule has 2 aliphatic heterocycles. The molecule has 0 fully saturated rings. The second-order valence-corrected chi connectivity index (χ2v) is 12.6. The summed E-state index contributed by atoms with van der Waals surface area (Å²) in [6.45, 7) is 2.44. The number of para-hydroxylation sites is 1. The molecule has 8 heteroatoms. The number of hydrogen-bond donors (Lipinski definition) is 2. The fraction of sp³-hybridized carbons (Fsp3) is 0.195. The van der Waals surface area contributed by atoms with Gasteiger partial charge in [0.1, 0.15) is 0 Å². The third-order valence-corrected chi connectivity index (χ3v) is 9.58. The Bertz CT molecular complexity index is 2070. The molecule has 2 atom stereocenters. The number of aliphatic hydroxyl groups is 2. The second kappa shape index (κ2) is 13.1. The van der Waals surface area contributed by atoms with Crippen molar-refractivity contribution in [2.45, 2.75) is 32.0 Å². The van der Waals surface area contributed by atoms with E-state index in [9.17, 15) is 24.6 Å². The van der Waals surface area contributed by atoms with Gasteiger partial charge in [0.25, 0.3) is 11.8 Å². The molecule has 0 radical (unpaired) electrons. The van der Waals surface area contributed by atoms with Crippen LogP contribution in [0.5, 0.6) is 0 Å². The third-order valence-electron chi connectivity index (χ3n) is 9.58. The summed E-state index contributed by atoms with van der Waals surface area (Å²) in [6, 6.07) is 36.1.